The molecule has 0 amide bonds. The van der Waals surface area contributed by atoms with Gasteiger partial charge in [-0.05, 0) is 75.3 Å². The number of nitrogens with zero attached hydrogens (tertiary/aromatic N) is 1. The molecule has 0 aliphatic heterocycles. The third-order valence-electron chi connectivity index (χ3n) is 9.50. The molecule has 0 aliphatic rings. The lowest BCUT2D eigenvalue weighted by atomic mass is 9.91. The normalized spacial score (nSPS) is 11.2. The van der Waals surface area contributed by atoms with Crippen LogP contribution in [0, 0.1) is 0 Å². The van der Waals surface area contributed by atoms with E-state index in [2.05, 4.69) is 205 Å². The minimum atomic E-state index is 1.12. The standard InChI is InChI=1S/C48H33NS/c1-4-15-34(16-5-1)35-27-30-39(31-28-35)49(46-25-14-24-43-42-23-12-13-26-47(42)50-48(43)46)45-32-29-38(33-44(45)37-19-8-3-9-20-37)41-22-11-10-21-40(41)36-17-6-2-7-18-36/h1-33H. The highest BCUT2D eigenvalue weighted by atomic mass is 32.1. The Morgan fingerprint density at radius 2 is 0.840 bits per heavy atom. The van der Waals surface area contributed by atoms with E-state index in [9.17, 15) is 0 Å². The van der Waals surface area contributed by atoms with Crippen molar-refractivity contribution in [3.63, 3.8) is 0 Å². The van der Waals surface area contributed by atoms with E-state index in [0.29, 0.717) is 0 Å². The molecule has 8 aromatic carbocycles. The Labute approximate surface area is 297 Å². The van der Waals surface area contributed by atoms with Crippen molar-refractivity contribution < 1.29 is 0 Å². The molecule has 0 radical (unpaired) electrons. The molecule has 236 valence electrons. The minimum Gasteiger partial charge on any atom is -0.308 e. The number of anilines is 3. The van der Waals surface area contributed by atoms with Crippen LogP contribution in [-0.2, 0) is 0 Å². The minimum absolute atomic E-state index is 1.12. The molecule has 0 saturated carbocycles. The zero-order valence-electron chi connectivity index (χ0n) is 27.4. The van der Waals surface area contributed by atoms with Crippen LogP contribution < -0.4 is 4.90 Å². The molecule has 0 saturated heterocycles. The highest BCUT2D eigenvalue weighted by Gasteiger charge is 2.22. The van der Waals surface area contributed by atoms with Gasteiger partial charge in [0.05, 0.1) is 16.1 Å². The Bertz CT molecular complexity index is 2570. The van der Waals surface area contributed by atoms with Crippen molar-refractivity contribution in [1.82, 2.24) is 0 Å². The summed E-state index contributed by atoms with van der Waals surface area (Å²) in [6.07, 6.45) is 0. The van der Waals surface area contributed by atoms with E-state index in [-0.39, 0.29) is 0 Å². The monoisotopic (exact) mass is 655 g/mol. The van der Waals surface area contributed by atoms with Gasteiger partial charge in [-0.1, -0.05) is 164 Å². The molecule has 0 N–H and O–H groups in total. The first-order valence-corrected chi connectivity index (χ1v) is 17.8. The highest BCUT2D eigenvalue weighted by molar-refractivity contribution is 7.26. The average Bonchev–Trinajstić information content (AvgIpc) is 3.59. The van der Waals surface area contributed by atoms with Crippen LogP contribution in [0.3, 0.4) is 0 Å². The first-order valence-electron chi connectivity index (χ1n) is 17.0. The summed E-state index contributed by atoms with van der Waals surface area (Å²) in [5.41, 5.74) is 13.0. The van der Waals surface area contributed by atoms with Crippen molar-refractivity contribution in [2.45, 2.75) is 0 Å². The SMILES string of the molecule is c1ccc(-c2ccc(N(c3ccc(-c4ccccc4-c4ccccc4)cc3-c3ccccc3)c3cccc4c3sc3ccccc34)cc2)cc1. The molecule has 9 aromatic rings. The molecule has 0 atom stereocenters. The Morgan fingerprint density at radius 3 is 1.54 bits per heavy atom. The molecule has 50 heavy (non-hydrogen) atoms. The van der Waals surface area contributed by atoms with E-state index in [1.807, 2.05) is 11.3 Å². The van der Waals surface area contributed by atoms with Crippen LogP contribution >= 0.6 is 11.3 Å². The van der Waals surface area contributed by atoms with Gasteiger partial charge in [-0.15, -0.1) is 11.3 Å². The fraction of sp³-hybridized carbons (Fsp3) is 0. The van der Waals surface area contributed by atoms with Crippen LogP contribution in [-0.4, -0.2) is 0 Å². The number of thiophene rings is 1. The van der Waals surface area contributed by atoms with Crippen molar-refractivity contribution in [3.05, 3.63) is 200 Å². The fourth-order valence-corrected chi connectivity index (χ4v) is 8.31. The maximum absolute atomic E-state index is 2.46. The van der Waals surface area contributed by atoms with Crippen molar-refractivity contribution >= 4 is 48.6 Å². The van der Waals surface area contributed by atoms with Crippen LogP contribution in [0.1, 0.15) is 0 Å². The van der Waals surface area contributed by atoms with Gasteiger partial charge in [-0.3, -0.25) is 0 Å². The zero-order chi connectivity index (χ0) is 33.3. The van der Waals surface area contributed by atoms with Crippen molar-refractivity contribution in [2.75, 3.05) is 4.90 Å². The van der Waals surface area contributed by atoms with Gasteiger partial charge in [0.25, 0.3) is 0 Å². The van der Waals surface area contributed by atoms with Gasteiger partial charge in [0, 0.05) is 26.7 Å². The third kappa shape index (κ3) is 5.46. The molecular formula is C48H33NS. The molecule has 0 aliphatic carbocycles. The number of hydrogen-bond donors (Lipinski definition) is 0. The Hall–Kier alpha value is -6.22. The molecular weight excluding hydrogens is 623 g/mol. The fourth-order valence-electron chi connectivity index (χ4n) is 7.10. The van der Waals surface area contributed by atoms with E-state index < -0.39 is 0 Å². The molecule has 0 spiro atoms. The molecule has 1 nitrogen and oxygen atoms in total. The van der Waals surface area contributed by atoms with Gasteiger partial charge in [-0.25, -0.2) is 0 Å². The van der Waals surface area contributed by atoms with E-state index in [1.54, 1.807) is 0 Å². The summed E-state index contributed by atoms with van der Waals surface area (Å²) in [6.45, 7) is 0. The summed E-state index contributed by atoms with van der Waals surface area (Å²) >= 11 is 1.87. The first kappa shape index (κ1) is 29.9. The Kier molecular flexibility index (Phi) is 7.77. The zero-order valence-corrected chi connectivity index (χ0v) is 28.2. The summed E-state index contributed by atoms with van der Waals surface area (Å²) in [5.74, 6) is 0. The van der Waals surface area contributed by atoms with Crippen LogP contribution in [0.2, 0.25) is 0 Å². The van der Waals surface area contributed by atoms with Crippen LogP contribution in [0.15, 0.2) is 200 Å². The summed E-state index contributed by atoms with van der Waals surface area (Å²) in [4.78, 5) is 2.46. The summed E-state index contributed by atoms with van der Waals surface area (Å²) in [7, 11) is 0. The molecule has 0 fully saturated rings. The van der Waals surface area contributed by atoms with Gasteiger partial charge in [0.15, 0.2) is 0 Å². The third-order valence-corrected chi connectivity index (χ3v) is 10.7. The van der Waals surface area contributed by atoms with E-state index in [0.717, 1.165) is 11.4 Å². The first-order chi connectivity index (χ1) is 24.8. The van der Waals surface area contributed by atoms with Gasteiger partial charge >= 0.3 is 0 Å². The van der Waals surface area contributed by atoms with Crippen LogP contribution in [0.25, 0.3) is 64.7 Å². The molecule has 1 heterocycles. The second-order valence-corrected chi connectivity index (χ2v) is 13.6. The lowest BCUT2D eigenvalue weighted by Crippen LogP contribution is -2.11. The van der Waals surface area contributed by atoms with Crippen LogP contribution in [0.5, 0.6) is 0 Å². The number of rotatable bonds is 7. The number of hydrogen-bond acceptors (Lipinski definition) is 2. The van der Waals surface area contributed by atoms with E-state index in [1.165, 1.54) is 70.4 Å². The van der Waals surface area contributed by atoms with Crippen molar-refractivity contribution in [2.24, 2.45) is 0 Å². The van der Waals surface area contributed by atoms with Gasteiger partial charge in [0.2, 0.25) is 0 Å². The maximum Gasteiger partial charge on any atom is 0.0640 e. The largest absolute Gasteiger partial charge is 0.308 e. The van der Waals surface area contributed by atoms with Crippen molar-refractivity contribution in [3.8, 4) is 44.5 Å². The predicted molar refractivity (Wildman–Crippen MR) is 216 cm³/mol. The quantitative estimate of drug-likeness (QED) is 0.165. The average molecular weight is 656 g/mol. The molecule has 9 rings (SSSR count). The highest BCUT2D eigenvalue weighted by Crippen LogP contribution is 2.48. The van der Waals surface area contributed by atoms with Crippen molar-refractivity contribution in [1.29, 1.82) is 0 Å². The van der Waals surface area contributed by atoms with E-state index >= 15 is 0 Å². The Morgan fingerprint density at radius 1 is 0.320 bits per heavy atom. The van der Waals surface area contributed by atoms with Gasteiger partial charge < -0.3 is 4.90 Å². The topological polar surface area (TPSA) is 3.24 Å². The molecule has 0 bridgehead atoms. The predicted octanol–water partition coefficient (Wildman–Crippen LogP) is 14.2. The maximum atomic E-state index is 2.46. The second-order valence-electron chi connectivity index (χ2n) is 12.5. The number of benzene rings is 8. The lowest BCUT2D eigenvalue weighted by molar-refractivity contribution is 1.30. The second kappa shape index (κ2) is 13.0. The summed E-state index contributed by atoms with van der Waals surface area (Å²) < 4.78 is 2.57. The summed E-state index contributed by atoms with van der Waals surface area (Å²) in [5, 5.41) is 2.58. The summed E-state index contributed by atoms with van der Waals surface area (Å²) in [6, 6.07) is 72.3. The molecule has 1 aromatic heterocycles. The van der Waals surface area contributed by atoms with Gasteiger partial charge in [-0.2, -0.15) is 0 Å². The smallest absolute Gasteiger partial charge is 0.0640 e. The van der Waals surface area contributed by atoms with E-state index in [4.69, 9.17) is 0 Å². The number of fused-ring (bicyclic) bond motifs is 3. The molecule has 2 heteroatoms. The molecule has 0 unspecified atom stereocenters. The van der Waals surface area contributed by atoms with Gasteiger partial charge in [0.1, 0.15) is 0 Å². The lowest BCUT2D eigenvalue weighted by Gasteiger charge is -2.29. The van der Waals surface area contributed by atoms with Crippen LogP contribution in [0.4, 0.5) is 17.1 Å². The Balaban J connectivity index is 1.29.